The van der Waals surface area contributed by atoms with Crippen molar-refractivity contribution in [2.75, 3.05) is 0 Å². The molecule has 1 aromatic carbocycles. The molecule has 102 valence electrons. The van der Waals surface area contributed by atoms with Crippen LogP contribution in [0.2, 0.25) is 0 Å². The summed E-state index contributed by atoms with van der Waals surface area (Å²) in [6.07, 6.45) is 0.762. The van der Waals surface area contributed by atoms with E-state index in [0.717, 1.165) is 15.6 Å². The van der Waals surface area contributed by atoms with Crippen LogP contribution in [0.25, 0.3) is 11.4 Å². The van der Waals surface area contributed by atoms with Crippen LogP contribution in [-0.2, 0) is 16.6 Å². The molecule has 0 radical (unpaired) electrons. The Morgan fingerprint density at radius 3 is 2.42 bits per heavy atom. The number of hydrogen-bond acceptors (Lipinski definition) is 4. The Labute approximate surface area is 125 Å². The van der Waals surface area contributed by atoms with Gasteiger partial charge in [-0.25, -0.2) is 13.6 Å². The van der Waals surface area contributed by atoms with E-state index in [1.165, 1.54) is 4.57 Å². The zero-order valence-corrected chi connectivity index (χ0v) is 13.2. The van der Waals surface area contributed by atoms with Crippen LogP contribution in [0.5, 0.6) is 0 Å². The third kappa shape index (κ3) is 3.12. The lowest BCUT2D eigenvalue weighted by Crippen LogP contribution is -2.19. The van der Waals surface area contributed by atoms with Gasteiger partial charge in [0.25, 0.3) is 15.2 Å². The van der Waals surface area contributed by atoms with Gasteiger partial charge in [-0.05, 0) is 41.1 Å². The van der Waals surface area contributed by atoms with Gasteiger partial charge in [0.15, 0.2) is 5.82 Å². The molecule has 2 rings (SSSR count). The molecular weight excluding hydrogens is 379 g/mol. The molecule has 2 N–H and O–H groups in total. The first-order chi connectivity index (χ1) is 8.93. The Morgan fingerprint density at radius 1 is 1.26 bits per heavy atom. The molecule has 19 heavy (non-hydrogen) atoms. The van der Waals surface area contributed by atoms with Gasteiger partial charge in [-0.1, -0.05) is 19.1 Å². The van der Waals surface area contributed by atoms with Crippen LogP contribution in [0.3, 0.4) is 0 Å². The van der Waals surface area contributed by atoms with E-state index in [-0.39, 0.29) is 5.16 Å². The first-order valence-electron chi connectivity index (χ1n) is 5.65. The summed E-state index contributed by atoms with van der Waals surface area (Å²) in [4.78, 5) is 0. The number of rotatable bonds is 4. The van der Waals surface area contributed by atoms with Crippen molar-refractivity contribution in [1.29, 1.82) is 0 Å². The molecule has 6 nitrogen and oxygen atoms in total. The maximum atomic E-state index is 11.5. The standard InChI is InChI=1S/C11H13IN4O2S/c1-2-7-16-10(8-3-5-9(12)6-4-8)14-15-11(16)19(13,17)18/h3-6H,2,7H2,1H3,(H2,13,17,18). The van der Waals surface area contributed by atoms with Gasteiger partial charge in [-0.3, -0.25) is 4.57 Å². The van der Waals surface area contributed by atoms with E-state index >= 15 is 0 Å². The van der Waals surface area contributed by atoms with Gasteiger partial charge in [0.2, 0.25) is 0 Å². The van der Waals surface area contributed by atoms with E-state index in [0.29, 0.717) is 12.4 Å². The van der Waals surface area contributed by atoms with Crippen LogP contribution in [0, 0.1) is 3.57 Å². The SMILES string of the molecule is CCCn1c(-c2ccc(I)cc2)nnc1S(N)(=O)=O. The molecule has 0 amide bonds. The van der Waals surface area contributed by atoms with Crippen LogP contribution >= 0.6 is 22.6 Å². The number of primary sulfonamides is 1. The molecule has 0 aliphatic rings. The average Bonchev–Trinajstić information content (AvgIpc) is 2.74. The van der Waals surface area contributed by atoms with Crippen LogP contribution in [-0.4, -0.2) is 23.2 Å². The lowest BCUT2D eigenvalue weighted by Gasteiger charge is -2.07. The van der Waals surface area contributed by atoms with Crippen molar-refractivity contribution in [3.63, 3.8) is 0 Å². The zero-order chi connectivity index (χ0) is 14.0. The molecule has 0 saturated heterocycles. The maximum Gasteiger partial charge on any atom is 0.273 e. The molecule has 0 aliphatic carbocycles. The Balaban J connectivity index is 2.58. The van der Waals surface area contributed by atoms with Crippen LogP contribution in [0.1, 0.15) is 13.3 Å². The van der Waals surface area contributed by atoms with Gasteiger partial charge >= 0.3 is 0 Å². The normalized spacial score (nSPS) is 11.7. The van der Waals surface area contributed by atoms with Crippen molar-refractivity contribution in [2.45, 2.75) is 25.0 Å². The van der Waals surface area contributed by atoms with Crippen molar-refractivity contribution < 1.29 is 8.42 Å². The lowest BCUT2D eigenvalue weighted by atomic mass is 10.2. The van der Waals surface area contributed by atoms with Crippen molar-refractivity contribution in [3.8, 4) is 11.4 Å². The van der Waals surface area contributed by atoms with E-state index in [1.54, 1.807) is 0 Å². The van der Waals surface area contributed by atoms with Gasteiger partial charge < -0.3 is 0 Å². The third-order valence-electron chi connectivity index (χ3n) is 2.52. The summed E-state index contributed by atoms with van der Waals surface area (Å²) >= 11 is 2.20. The van der Waals surface area contributed by atoms with Gasteiger partial charge in [0.05, 0.1) is 0 Å². The van der Waals surface area contributed by atoms with E-state index < -0.39 is 10.0 Å². The number of hydrogen-bond donors (Lipinski definition) is 1. The molecule has 8 heteroatoms. The summed E-state index contributed by atoms with van der Waals surface area (Å²) in [7, 11) is -3.86. The van der Waals surface area contributed by atoms with E-state index in [2.05, 4.69) is 32.8 Å². The van der Waals surface area contributed by atoms with Crippen LogP contribution in [0.15, 0.2) is 29.4 Å². The number of halogens is 1. The number of aromatic nitrogens is 3. The van der Waals surface area contributed by atoms with Crippen molar-refractivity contribution in [2.24, 2.45) is 5.14 Å². The summed E-state index contributed by atoms with van der Waals surface area (Å²) in [5.74, 6) is 0.516. The predicted octanol–water partition coefficient (Wildman–Crippen LogP) is 1.61. The molecule has 0 atom stereocenters. The lowest BCUT2D eigenvalue weighted by molar-refractivity contribution is 0.559. The second kappa shape index (κ2) is 5.55. The molecule has 0 saturated carbocycles. The van der Waals surface area contributed by atoms with E-state index in [1.807, 2.05) is 31.2 Å². The highest BCUT2D eigenvalue weighted by Gasteiger charge is 2.21. The number of benzene rings is 1. The molecule has 0 bridgehead atoms. The van der Waals surface area contributed by atoms with Gasteiger partial charge in [0, 0.05) is 15.7 Å². The molecule has 1 heterocycles. The largest absolute Gasteiger partial charge is 0.297 e. The first kappa shape index (κ1) is 14.4. The van der Waals surface area contributed by atoms with Crippen molar-refractivity contribution in [3.05, 3.63) is 27.8 Å². The molecular formula is C11H13IN4O2S. The molecule has 0 spiro atoms. The number of sulfonamides is 1. The molecule has 0 fully saturated rings. The molecule has 2 aromatic rings. The van der Waals surface area contributed by atoms with Crippen LogP contribution < -0.4 is 5.14 Å². The summed E-state index contributed by atoms with van der Waals surface area (Å²) in [5.41, 5.74) is 0.816. The zero-order valence-electron chi connectivity index (χ0n) is 10.2. The molecule has 0 aliphatic heterocycles. The summed E-state index contributed by atoms with van der Waals surface area (Å²) in [6, 6.07) is 7.62. The maximum absolute atomic E-state index is 11.5. The van der Waals surface area contributed by atoms with E-state index in [9.17, 15) is 8.42 Å². The Kier molecular flexibility index (Phi) is 4.21. The highest BCUT2D eigenvalue weighted by atomic mass is 127. The molecule has 0 unspecified atom stereocenters. The Morgan fingerprint density at radius 2 is 1.89 bits per heavy atom. The van der Waals surface area contributed by atoms with Crippen LogP contribution in [0.4, 0.5) is 0 Å². The highest BCUT2D eigenvalue weighted by molar-refractivity contribution is 14.1. The fraction of sp³-hybridized carbons (Fsp3) is 0.273. The minimum atomic E-state index is -3.86. The monoisotopic (exact) mass is 392 g/mol. The second-order valence-corrected chi connectivity index (χ2v) is 6.71. The Hall–Kier alpha value is -1.00. The quantitative estimate of drug-likeness (QED) is 0.801. The highest BCUT2D eigenvalue weighted by Crippen LogP contribution is 2.21. The summed E-state index contributed by atoms with van der Waals surface area (Å²) in [5, 5.41) is 12.6. The number of nitrogens with two attached hydrogens (primary N) is 1. The van der Waals surface area contributed by atoms with E-state index in [4.69, 9.17) is 5.14 Å². The Bertz CT molecular complexity index is 679. The smallest absolute Gasteiger partial charge is 0.273 e. The van der Waals surface area contributed by atoms with Gasteiger partial charge in [-0.2, -0.15) is 0 Å². The number of nitrogens with zero attached hydrogens (tertiary/aromatic N) is 3. The summed E-state index contributed by atoms with van der Waals surface area (Å²) < 4.78 is 25.6. The third-order valence-corrected chi connectivity index (χ3v) is 4.05. The second-order valence-electron chi connectivity index (χ2n) is 4.01. The van der Waals surface area contributed by atoms with Crippen molar-refractivity contribution >= 4 is 32.6 Å². The topological polar surface area (TPSA) is 90.9 Å². The minimum absolute atomic E-state index is 0.192. The first-order valence-corrected chi connectivity index (χ1v) is 8.28. The van der Waals surface area contributed by atoms with Gasteiger partial charge in [-0.15, -0.1) is 10.2 Å². The van der Waals surface area contributed by atoms with Crippen molar-refractivity contribution in [1.82, 2.24) is 14.8 Å². The predicted molar refractivity (Wildman–Crippen MR) is 79.8 cm³/mol. The fourth-order valence-corrected chi connectivity index (χ4v) is 2.74. The molecule has 1 aromatic heterocycles. The fourth-order valence-electron chi connectivity index (χ4n) is 1.74. The summed E-state index contributed by atoms with van der Waals surface area (Å²) in [6.45, 7) is 2.45. The minimum Gasteiger partial charge on any atom is -0.297 e. The van der Waals surface area contributed by atoms with Gasteiger partial charge in [0.1, 0.15) is 0 Å². The average molecular weight is 392 g/mol.